The van der Waals surface area contributed by atoms with E-state index in [0.29, 0.717) is 5.76 Å². The van der Waals surface area contributed by atoms with Crippen LogP contribution in [0.5, 0.6) is 0 Å². The van der Waals surface area contributed by atoms with E-state index in [9.17, 15) is 9.59 Å². The van der Waals surface area contributed by atoms with Crippen LogP contribution in [0.15, 0.2) is 81.7 Å². The van der Waals surface area contributed by atoms with Gasteiger partial charge in [-0.05, 0) is 35.9 Å². The maximum absolute atomic E-state index is 11.9. The second-order valence-electron chi connectivity index (χ2n) is 6.01. The summed E-state index contributed by atoms with van der Waals surface area (Å²) >= 11 is 3.40. The SMILES string of the molecule is O=C(C=Cc1ccccc1)NCC(=O)NCc1ccc(-c2ccc(Br)cc2)o1. The fraction of sp³-hybridized carbons (Fsp3) is 0.0909. The molecule has 0 saturated heterocycles. The van der Waals surface area contributed by atoms with Crippen molar-refractivity contribution in [2.45, 2.75) is 6.54 Å². The largest absolute Gasteiger partial charge is 0.459 e. The average molecular weight is 439 g/mol. The molecule has 1 heterocycles. The minimum Gasteiger partial charge on any atom is -0.459 e. The molecule has 3 rings (SSSR count). The smallest absolute Gasteiger partial charge is 0.244 e. The van der Waals surface area contributed by atoms with E-state index in [4.69, 9.17) is 4.42 Å². The molecule has 0 radical (unpaired) electrons. The lowest BCUT2D eigenvalue weighted by Gasteiger charge is -2.04. The number of furan rings is 1. The molecule has 2 N–H and O–H groups in total. The molecule has 28 heavy (non-hydrogen) atoms. The van der Waals surface area contributed by atoms with Crippen LogP contribution in [0.4, 0.5) is 0 Å². The van der Waals surface area contributed by atoms with Gasteiger partial charge in [-0.3, -0.25) is 9.59 Å². The third kappa shape index (κ3) is 5.96. The zero-order chi connectivity index (χ0) is 19.8. The predicted molar refractivity (Wildman–Crippen MR) is 112 cm³/mol. The van der Waals surface area contributed by atoms with Crippen LogP contribution in [0.25, 0.3) is 17.4 Å². The summed E-state index contributed by atoms with van der Waals surface area (Å²) in [5.41, 5.74) is 1.87. The molecule has 5 nitrogen and oxygen atoms in total. The zero-order valence-electron chi connectivity index (χ0n) is 15.0. The second kappa shape index (κ2) is 9.71. The normalized spacial score (nSPS) is 10.8. The van der Waals surface area contributed by atoms with Gasteiger partial charge in [0.2, 0.25) is 11.8 Å². The van der Waals surface area contributed by atoms with Crippen molar-refractivity contribution < 1.29 is 14.0 Å². The Morgan fingerprint density at radius 1 is 0.929 bits per heavy atom. The van der Waals surface area contributed by atoms with Gasteiger partial charge in [-0.2, -0.15) is 0 Å². The molecule has 0 spiro atoms. The van der Waals surface area contributed by atoms with Gasteiger partial charge in [-0.25, -0.2) is 0 Å². The number of amides is 2. The average Bonchev–Trinajstić information content (AvgIpc) is 3.19. The minimum atomic E-state index is -0.325. The van der Waals surface area contributed by atoms with Crippen molar-refractivity contribution >= 4 is 33.8 Å². The summed E-state index contributed by atoms with van der Waals surface area (Å²) < 4.78 is 6.74. The Kier molecular flexibility index (Phi) is 6.81. The summed E-state index contributed by atoms with van der Waals surface area (Å²) in [5, 5.41) is 5.28. The molecule has 0 aliphatic rings. The van der Waals surface area contributed by atoms with E-state index in [0.717, 1.165) is 21.4 Å². The van der Waals surface area contributed by atoms with Gasteiger partial charge in [-0.15, -0.1) is 0 Å². The van der Waals surface area contributed by atoms with Crippen LogP contribution in [-0.4, -0.2) is 18.4 Å². The van der Waals surface area contributed by atoms with E-state index in [1.165, 1.54) is 6.08 Å². The molecule has 3 aromatic rings. The van der Waals surface area contributed by atoms with E-state index >= 15 is 0 Å². The molecule has 0 fully saturated rings. The molecule has 0 aliphatic heterocycles. The Hall–Kier alpha value is -3.12. The van der Waals surface area contributed by atoms with Crippen molar-refractivity contribution in [2.75, 3.05) is 6.54 Å². The van der Waals surface area contributed by atoms with Crippen molar-refractivity contribution in [1.29, 1.82) is 0 Å². The van der Waals surface area contributed by atoms with E-state index in [1.807, 2.05) is 66.7 Å². The van der Waals surface area contributed by atoms with E-state index in [1.54, 1.807) is 6.08 Å². The summed E-state index contributed by atoms with van der Waals surface area (Å²) in [7, 11) is 0. The van der Waals surface area contributed by atoms with E-state index in [2.05, 4.69) is 26.6 Å². The van der Waals surface area contributed by atoms with Gasteiger partial charge in [0, 0.05) is 16.1 Å². The molecule has 0 bridgehead atoms. The maximum Gasteiger partial charge on any atom is 0.244 e. The van der Waals surface area contributed by atoms with Gasteiger partial charge < -0.3 is 15.1 Å². The monoisotopic (exact) mass is 438 g/mol. The Morgan fingerprint density at radius 2 is 1.68 bits per heavy atom. The highest BCUT2D eigenvalue weighted by atomic mass is 79.9. The van der Waals surface area contributed by atoms with E-state index < -0.39 is 0 Å². The van der Waals surface area contributed by atoms with Crippen molar-refractivity contribution in [1.82, 2.24) is 10.6 Å². The molecule has 0 unspecified atom stereocenters. The molecule has 0 saturated carbocycles. The first kappa shape index (κ1) is 19.6. The molecule has 1 aromatic heterocycles. The summed E-state index contributed by atoms with van der Waals surface area (Å²) in [6.45, 7) is 0.156. The molecule has 142 valence electrons. The zero-order valence-corrected chi connectivity index (χ0v) is 16.6. The maximum atomic E-state index is 11.9. The highest BCUT2D eigenvalue weighted by Gasteiger charge is 2.07. The number of nitrogens with one attached hydrogen (secondary N) is 2. The molecule has 6 heteroatoms. The number of benzene rings is 2. The summed E-state index contributed by atoms with van der Waals surface area (Å²) in [6, 6.07) is 20.9. The summed E-state index contributed by atoms with van der Waals surface area (Å²) in [4.78, 5) is 23.7. The van der Waals surface area contributed by atoms with Gasteiger partial charge in [0.05, 0.1) is 13.1 Å². The second-order valence-corrected chi connectivity index (χ2v) is 6.93. The lowest BCUT2D eigenvalue weighted by atomic mass is 10.2. The third-order valence-corrected chi connectivity index (χ3v) is 4.43. The quantitative estimate of drug-likeness (QED) is 0.544. The number of carbonyl (C=O) groups is 2. The minimum absolute atomic E-state index is 0.0990. The van der Waals surface area contributed by atoms with Crippen LogP contribution in [0.1, 0.15) is 11.3 Å². The van der Waals surface area contributed by atoms with Crippen LogP contribution in [-0.2, 0) is 16.1 Å². The lowest BCUT2D eigenvalue weighted by molar-refractivity contribution is -0.124. The Morgan fingerprint density at radius 3 is 2.43 bits per heavy atom. The molecule has 0 aliphatic carbocycles. The van der Waals surface area contributed by atoms with Gasteiger partial charge in [0.1, 0.15) is 11.5 Å². The highest BCUT2D eigenvalue weighted by Crippen LogP contribution is 2.23. The third-order valence-electron chi connectivity index (χ3n) is 3.90. The van der Waals surface area contributed by atoms with Crippen molar-refractivity contribution in [3.05, 3.63) is 88.6 Å². The Bertz CT molecular complexity index is 963. The van der Waals surface area contributed by atoms with Crippen LogP contribution >= 0.6 is 15.9 Å². The van der Waals surface area contributed by atoms with Crippen LogP contribution in [0.2, 0.25) is 0 Å². The number of hydrogen-bond acceptors (Lipinski definition) is 3. The lowest BCUT2D eigenvalue weighted by Crippen LogP contribution is -2.35. The number of hydrogen-bond donors (Lipinski definition) is 2. The first-order chi connectivity index (χ1) is 13.6. The van der Waals surface area contributed by atoms with Gasteiger partial charge in [0.25, 0.3) is 0 Å². The number of halogens is 1. The first-order valence-corrected chi connectivity index (χ1v) is 9.52. The predicted octanol–water partition coefficient (Wildman–Crippen LogP) is 4.15. The summed E-state index contributed by atoms with van der Waals surface area (Å²) in [5.74, 6) is 0.759. The van der Waals surface area contributed by atoms with Gasteiger partial charge >= 0.3 is 0 Å². The molecule has 2 aromatic carbocycles. The van der Waals surface area contributed by atoms with Crippen LogP contribution in [0.3, 0.4) is 0 Å². The highest BCUT2D eigenvalue weighted by molar-refractivity contribution is 9.10. The van der Waals surface area contributed by atoms with Gasteiger partial charge in [-0.1, -0.05) is 58.4 Å². The fourth-order valence-corrected chi connectivity index (χ4v) is 2.72. The first-order valence-electron chi connectivity index (χ1n) is 8.72. The topological polar surface area (TPSA) is 71.3 Å². The van der Waals surface area contributed by atoms with Crippen molar-refractivity contribution in [3.63, 3.8) is 0 Å². The number of carbonyl (C=O) groups excluding carboxylic acids is 2. The van der Waals surface area contributed by atoms with Crippen LogP contribution in [0, 0.1) is 0 Å². The molecular formula is C22H19BrN2O3. The van der Waals surface area contributed by atoms with E-state index in [-0.39, 0.29) is 24.9 Å². The molecular weight excluding hydrogens is 420 g/mol. The Balaban J connectivity index is 1.42. The van der Waals surface area contributed by atoms with Crippen LogP contribution < -0.4 is 10.6 Å². The molecule has 0 atom stereocenters. The van der Waals surface area contributed by atoms with Gasteiger partial charge in [0.15, 0.2) is 0 Å². The standard InChI is InChI=1S/C22H19BrN2O3/c23-18-9-7-17(8-10-18)20-12-11-19(28-20)14-24-22(27)15-25-21(26)13-6-16-4-2-1-3-5-16/h1-13H,14-15H2,(H,24,27)(H,25,26). The van der Waals surface area contributed by atoms with Crippen molar-refractivity contribution in [3.8, 4) is 11.3 Å². The molecule has 2 amide bonds. The number of rotatable bonds is 7. The fourth-order valence-electron chi connectivity index (χ4n) is 2.45. The Labute approximate surface area is 171 Å². The van der Waals surface area contributed by atoms with Crippen molar-refractivity contribution in [2.24, 2.45) is 0 Å². The summed E-state index contributed by atoms with van der Waals surface area (Å²) in [6.07, 6.45) is 3.10.